The Hall–Kier alpha value is -1.36. The van der Waals surface area contributed by atoms with Crippen molar-refractivity contribution in [2.75, 3.05) is 13.6 Å². The molecular formula is C20H28N2O2. The van der Waals surface area contributed by atoms with E-state index in [-0.39, 0.29) is 12.1 Å². The molecule has 0 bridgehead atoms. The Morgan fingerprint density at radius 1 is 1.33 bits per heavy atom. The lowest BCUT2D eigenvalue weighted by Crippen LogP contribution is -2.64. The van der Waals surface area contributed by atoms with Crippen LogP contribution in [0, 0.1) is 11.3 Å². The average molecular weight is 328 g/mol. The van der Waals surface area contributed by atoms with Crippen LogP contribution in [0.5, 0.6) is 0 Å². The SMILES string of the molecule is CC(C)C1N(C)CC12C[C@@H](O)[C@H](NCc1ccc3occc3c1)C2. The van der Waals surface area contributed by atoms with Crippen LogP contribution >= 0.6 is 0 Å². The molecule has 0 amide bonds. The Bertz CT molecular complexity index is 720. The molecule has 2 fully saturated rings. The van der Waals surface area contributed by atoms with Gasteiger partial charge in [-0.05, 0) is 49.6 Å². The number of fused-ring (bicyclic) bond motifs is 1. The van der Waals surface area contributed by atoms with Crippen LogP contribution in [-0.2, 0) is 6.54 Å². The molecule has 1 spiro atoms. The molecule has 1 saturated carbocycles. The number of nitrogens with one attached hydrogen (secondary N) is 1. The van der Waals surface area contributed by atoms with Gasteiger partial charge in [0.15, 0.2) is 0 Å². The summed E-state index contributed by atoms with van der Waals surface area (Å²) in [5, 5.41) is 15.3. The fraction of sp³-hybridized carbons (Fsp3) is 0.600. The van der Waals surface area contributed by atoms with Gasteiger partial charge in [0.1, 0.15) is 5.58 Å². The van der Waals surface area contributed by atoms with E-state index < -0.39 is 0 Å². The number of nitrogens with zero attached hydrogens (tertiary/aromatic N) is 1. The van der Waals surface area contributed by atoms with Gasteiger partial charge >= 0.3 is 0 Å². The van der Waals surface area contributed by atoms with Gasteiger partial charge in [0.2, 0.25) is 0 Å². The van der Waals surface area contributed by atoms with Gasteiger partial charge in [0, 0.05) is 36.0 Å². The Labute approximate surface area is 143 Å². The molecule has 1 saturated heterocycles. The highest BCUT2D eigenvalue weighted by Crippen LogP contribution is 2.52. The molecule has 4 nitrogen and oxygen atoms in total. The molecular weight excluding hydrogens is 300 g/mol. The number of likely N-dealkylation sites (tertiary alicyclic amines) is 1. The monoisotopic (exact) mass is 328 g/mol. The minimum absolute atomic E-state index is 0.194. The van der Waals surface area contributed by atoms with Crippen LogP contribution in [0.3, 0.4) is 0 Å². The molecule has 2 heterocycles. The maximum absolute atomic E-state index is 10.6. The first kappa shape index (κ1) is 16.1. The van der Waals surface area contributed by atoms with Gasteiger partial charge in [0.25, 0.3) is 0 Å². The van der Waals surface area contributed by atoms with Crippen LogP contribution in [0.15, 0.2) is 34.9 Å². The van der Waals surface area contributed by atoms with Crippen molar-refractivity contribution < 1.29 is 9.52 Å². The topological polar surface area (TPSA) is 48.6 Å². The second kappa shape index (κ2) is 5.87. The van der Waals surface area contributed by atoms with Gasteiger partial charge in [-0.2, -0.15) is 0 Å². The standard InChI is InChI=1S/C20H28N2O2/c1-13(2)19-20(12-22(19)3)9-16(17(23)10-20)21-11-14-4-5-18-15(8-14)6-7-24-18/h4-8,13,16-17,19,21,23H,9-12H2,1-3H3/t16-,17-,19?,20?/m1/s1. The van der Waals surface area contributed by atoms with Gasteiger partial charge in [-0.3, -0.25) is 0 Å². The quantitative estimate of drug-likeness (QED) is 0.906. The van der Waals surface area contributed by atoms with Gasteiger partial charge in [-0.25, -0.2) is 0 Å². The van der Waals surface area contributed by atoms with E-state index in [0.717, 1.165) is 36.9 Å². The van der Waals surface area contributed by atoms with Crippen molar-refractivity contribution in [3.05, 3.63) is 36.1 Å². The molecule has 24 heavy (non-hydrogen) atoms. The van der Waals surface area contributed by atoms with Gasteiger partial charge in [-0.15, -0.1) is 0 Å². The predicted molar refractivity (Wildman–Crippen MR) is 95.8 cm³/mol. The summed E-state index contributed by atoms with van der Waals surface area (Å²) in [5.41, 5.74) is 2.47. The predicted octanol–water partition coefficient (Wildman–Crippen LogP) is 3.00. The van der Waals surface area contributed by atoms with E-state index in [1.165, 1.54) is 5.56 Å². The highest BCUT2D eigenvalue weighted by Gasteiger charge is 2.57. The van der Waals surface area contributed by atoms with Crippen molar-refractivity contribution in [1.82, 2.24) is 10.2 Å². The highest BCUT2D eigenvalue weighted by molar-refractivity contribution is 5.77. The molecule has 1 aromatic carbocycles. The third-order valence-corrected chi connectivity index (χ3v) is 6.09. The molecule has 2 aromatic rings. The van der Waals surface area contributed by atoms with E-state index in [1.807, 2.05) is 12.1 Å². The Kier molecular flexibility index (Phi) is 3.94. The molecule has 130 valence electrons. The molecule has 1 aliphatic carbocycles. The van der Waals surface area contributed by atoms with Crippen LogP contribution < -0.4 is 5.32 Å². The number of aliphatic hydroxyl groups excluding tert-OH is 1. The fourth-order valence-corrected chi connectivity index (χ4v) is 5.43. The van der Waals surface area contributed by atoms with E-state index >= 15 is 0 Å². The first-order valence-corrected chi connectivity index (χ1v) is 9.06. The zero-order chi connectivity index (χ0) is 16.9. The third kappa shape index (κ3) is 2.57. The first-order chi connectivity index (χ1) is 11.5. The van der Waals surface area contributed by atoms with Crippen LogP contribution in [0.4, 0.5) is 0 Å². The molecule has 2 aliphatic rings. The minimum atomic E-state index is -0.238. The maximum atomic E-state index is 10.6. The molecule has 4 rings (SSSR count). The average Bonchev–Trinajstić information content (AvgIpc) is 3.09. The zero-order valence-electron chi connectivity index (χ0n) is 14.8. The summed E-state index contributed by atoms with van der Waals surface area (Å²) in [6.45, 7) is 6.51. The molecule has 1 aromatic heterocycles. The Morgan fingerprint density at radius 2 is 2.17 bits per heavy atom. The number of rotatable bonds is 4. The van der Waals surface area contributed by atoms with E-state index in [0.29, 0.717) is 17.4 Å². The molecule has 4 heteroatoms. The van der Waals surface area contributed by atoms with Gasteiger partial charge < -0.3 is 19.7 Å². The third-order valence-electron chi connectivity index (χ3n) is 6.09. The highest BCUT2D eigenvalue weighted by atomic mass is 16.3. The molecule has 2 unspecified atom stereocenters. The molecule has 1 aliphatic heterocycles. The lowest BCUT2D eigenvalue weighted by Gasteiger charge is -2.57. The summed E-state index contributed by atoms with van der Waals surface area (Å²) >= 11 is 0. The van der Waals surface area contributed by atoms with Crippen molar-refractivity contribution in [1.29, 1.82) is 0 Å². The normalized spacial score (nSPS) is 33.6. The summed E-state index contributed by atoms with van der Waals surface area (Å²) in [7, 11) is 2.21. The van der Waals surface area contributed by atoms with Crippen molar-refractivity contribution in [2.24, 2.45) is 11.3 Å². The summed E-state index contributed by atoms with van der Waals surface area (Å²) in [4.78, 5) is 2.45. The number of aliphatic hydroxyl groups is 1. The lowest BCUT2D eigenvalue weighted by molar-refractivity contribution is -0.0828. The number of hydrogen-bond acceptors (Lipinski definition) is 4. The Balaban J connectivity index is 1.42. The van der Waals surface area contributed by atoms with Gasteiger partial charge in [0.05, 0.1) is 12.4 Å². The Morgan fingerprint density at radius 3 is 2.92 bits per heavy atom. The smallest absolute Gasteiger partial charge is 0.133 e. The summed E-state index contributed by atoms with van der Waals surface area (Å²) in [6, 6.07) is 9.08. The molecule has 0 radical (unpaired) electrons. The van der Waals surface area contributed by atoms with Crippen molar-refractivity contribution in [2.45, 2.75) is 51.4 Å². The van der Waals surface area contributed by atoms with E-state index in [1.54, 1.807) is 6.26 Å². The second-order valence-electron chi connectivity index (χ2n) is 8.22. The van der Waals surface area contributed by atoms with Crippen LogP contribution in [0.25, 0.3) is 11.0 Å². The summed E-state index contributed by atoms with van der Waals surface area (Å²) in [5.74, 6) is 0.637. The second-order valence-corrected chi connectivity index (χ2v) is 8.22. The first-order valence-electron chi connectivity index (χ1n) is 9.06. The van der Waals surface area contributed by atoms with Crippen molar-refractivity contribution in [3.8, 4) is 0 Å². The van der Waals surface area contributed by atoms with E-state index in [9.17, 15) is 5.11 Å². The zero-order valence-corrected chi connectivity index (χ0v) is 14.8. The lowest BCUT2D eigenvalue weighted by atomic mass is 9.66. The number of furan rings is 1. The fourth-order valence-electron chi connectivity index (χ4n) is 5.43. The van der Waals surface area contributed by atoms with Crippen LogP contribution in [0.2, 0.25) is 0 Å². The van der Waals surface area contributed by atoms with Crippen LogP contribution in [0.1, 0.15) is 32.3 Å². The van der Waals surface area contributed by atoms with Crippen LogP contribution in [-0.4, -0.2) is 41.8 Å². The maximum Gasteiger partial charge on any atom is 0.133 e. The van der Waals surface area contributed by atoms with E-state index in [2.05, 4.69) is 43.2 Å². The minimum Gasteiger partial charge on any atom is -0.464 e. The van der Waals surface area contributed by atoms with Crippen molar-refractivity contribution in [3.63, 3.8) is 0 Å². The van der Waals surface area contributed by atoms with E-state index in [4.69, 9.17) is 4.42 Å². The van der Waals surface area contributed by atoms with Crippen molar-refractivity contribution >= 4 is 11.0 Å². The molecule has 4 atom stereocenters. The summed E-state index contributed by atoms with van der Waals surface area (Å²) < 4.78 is 5.40. The number of hydrogen-bond donors (Lipinski definition) is 2. The largest absolute Gasteiger partial charge is 0.464 e. The number of benzene rings is 1. The summed E-state index contributed by atoms with van der Waals surface area (Å²) in [6.07, 6.45) is 3.50. The molecule has 2 N–H and O–H groups in total. The van der Waals surface area contributed by atoms with Gasteiger partial charge in [-0.1, -0.05) is 19.9 Å².